The first-order valence-electron chi connectivity index (χ1n) is 6.25. The van der Waals surface area contributed by atoms with Crippen molar-refractivity contribution in [3.63, 3.8) is 0 Å². The van der Waals surface area contributed by atoms with E-state index in [2.05, 4.69) is 0 Å². The number of carbonyl (C=O) groups excluding carboxylic acids is 1. The molecule has 1 unspecified atom stereocenters. The normalized spacial score (nSPS) is 20.5. The fourth-order valence-corrected chi connectivity index (χ4v) is 2.42. The number of benzene rings is 2. The largest absolute Gasteiger partial charge is 0.496 e. The van der Waals surface area contributed by atoms with E-state index >= 15 is 0 Å². The van der Waals surface area contributed by atoms with E-state index in [4.69, 9.17) is 21.1 Å². The Morgan fingerprint density at radius 1 is 1.20 bits per heavy atom. The van der Waals surface area contributed by atoms with E-state index in [1.807, 2.05) is 24.3 Å². The average Bonchev–Trinajstić information content (AvgIpc) is 3.29. The van der Waals surface area contributed by atoms with Crippen LogP contribution in [0, 0.1) is 0 Å². The zero-order chi connectivity index (χ0) is 14.2. The Hall–Kier alpha value is -1.84. The Balaban J connectivity index is 2.00. The Labute approximate surface area is 122 Å². The Morgan fingerprint density at radius 3 is 2.45 bits per heavy atom. The Bertz CT molecular complexity index is 645. The molecule has 3 rings (SSSR count). The van der Waals surface area contributed by atoms with E-state index in [0.717, 1.165) is 5.56 Å². The maximum atomic E-state index is 12.7. The van der Waals surface area contributed by atoms with Gasteiger partial charge in [-0.05, 0) is 30.3 Å². The molecule has 0 N–H and O–H groups in total. The van der Waals surface area contributed by atoms with Crippen LogP contribution in [0.2, 0.25) is 5.02 Å². The topological polar surface area (TPSA) is 38.8 Å². The van der Waals surface area contributed by atoms with E-state index in [1.165, 1.54) is 0 Å². The number of methoxy groups -OCH3 is 1. The molecule has 0 bridgehead atoms. The van der Waals surface area contributed by atoms with Gasteiger partial charge in [-0.25, -0.2) is 0 Å². The van der Waals surface area contributed by atoms with E-state index in [9.17, 15) is 4.79 Å². The van der Waals surface area contributed by atoms with Crippen molar-refractivity contribution in [2.24, 2.45) is 0 Å². The van der Waals surface area contributed by atoms with Gasteiger partial charge in [0.25, 0.3) is 0 Å². The molecular weight excluding hydrogens is 276 g/mol. The van der Waals surface area contributed by atoms with Crippen molar-refractivity contribution in [2.45, 2.75) is 5.60 Å². The molecule has 3 nitrogen and oxygen atoms in total. The lowest BCUT2D eigenvalue weighted by molar-refractivity contribution is 0.0868. The summed E-state index contributed by atoms with van der Waals surface area (Å²) < 4.78 is 10.8. The number of epoxide rings is 1. The summed E-state index contributed by atoms with van der Waals surface area (Å²) in [7, 11) is 1.58. The molecule has 4 heteroatoms. The number of para-hydroxylation sites is 1. The summed E-state index contributed by atoms with van der Waals surface area (Å²) in [5.41, 5.74) is 0.431. The Kier molecular flexibility index (Phi) is 3.24. The van der Waals surface area contributed by atoms with Crippen molar-refractivity contribution in [1.82, 2.24) is 0 Å². The van der Waals surface area contributed by atoms with Crippen LogP contribution in [0.25, 0.3) is 0 Å². The van der Waals surface area contributed by atoms with Gasteiger partial charge in [-0.2, -0.15) is 0 Å². The second kappa shape index (κ2) is 4.93. The third-order valence-electron chi connectivity index (χ3n) is 3.45. The molecule has 2 aromatic rings. The zero-order valence-corrected chi connectivity index (χ0v) is 11.7. The maximum absolute atomic E-state index is 12.7. The van der Waals surface area contributed by atoms with Crippen LogP contribution >= 0.6 is 11.6 Å². The molecule has 102 valence electrons. The number of hydrogen-bond acceptors (Lipinski definition) is 3. The molecule has 1 saturated heterocycles. The van der Waals surface area contributed by atoms with Gasteiger partial charge in [-0.3, -0.25) is 4.79 Å². The number of rotatable bonds is 4. The van der Waals surface area contributed by atoms with Gasteiger partial charge >= 0.3 is 0 Å². The van der Waals surface area contributed by atoms with Crippen molar-refractivity contribution in [3.05, 3.63) is 64.7 Å². The van der Waals surface area contributed by atoms with Crippen LogP contribution in [0.15, 0.2) is 48.5 Å². The molecule has 1 aliphatic rings. The van der Waals surface area contributed by atoms with Gasteiger partial charge < -0.3 is 9.47 Å². The van der Waals surface area contributed by atoms with Gasteiger partial charge in [0.1, 0.15) is 5.75 Å². The lowest BCUT2D eigenvalue weighted by Crippen LogP contribution is -2.23. The highest BCUT2D eigenvalue weighted by molar-refractivity contribution is 6.30. The number of hydrogen-bond donors (Lipinski definition) is 0. The lowest BCUT2D eigenvalue weighted by atomic mass is 9.90. The van der Waals surface area contributed by atoms with Crippen molar-refractivity contribution in [2.75, 3.05) is 13.7 Å². The van der Waals surface area contributed by atoms with Gasteiger partial charge in [0, 0.05) is 16.1 Å². The molecule has 1 aliphatic heterocycles. The van der Waals surface area contributed by atoms with Crippen LogP contribution in [0.3, 0.4) is 0 Å². The number of halogens is 1. The highest BCUT2D eigenvalue weighted by atomic mass is 35.5. The minimum atomic E-state index is -0.916. The van der Waals surface area contributed by atoms with Crippen LogP contribution in [-0.2, 0) is 10.3 Å². The van der Waals surface area contributed by atoms with Gasteiger partial charge in [-0.15, -0.1) is 0 Å². The van der Waals surface area contributed by atoms with Crippen LogP contribution < -0.4 is 4.74 Å². The summed E-state index contributed by atoms with van der Waals surface area (Å²) in [6.45, 7) is 0.370. The highest BCUT2D eigenvalue weighted by Crippen LogP contribution is 2.45. The van der Waals surface area contributed by atoms with Crippen molar-refractivity contribution < 1.29 is 14.3 Å². The standard InChI is InChI=1S/C16H13ClO3/c1-19-14-5-3-2-4-13(14)16(10-20-16)15(18)11-6-8-12(17)9-7-11/h2-9H,10H2,1H3. The summed E-state index contributed by atoms with van der Waals surface area (Å²) in [6, 6.07) is 14.3. The van der Waals surface area contributed by atoms with Gasteiger partial charge in [0.15, 0.2) is 5.60 Å². The van der Waals surface area contributed by atoms with Crippen molar-refractivity contribution >= 4 is 17.4 Å². The van der Waals surface area contributed by atoms with Gasteiger partial charge in [-0.1, -0.05) is 29.8 Å². The number of Topliss-reactive ketones (excluding diaryl/α,β-unsaturated/α-hetero) is 1. The SMILES string of the molecule is COc1ccccc1C1(C(=O)c2ccc(Cl)cc2)CO1. The van der Waals surface area contributed by atoms with Crippen LogP contribution in [0.1, 0.15) is 15.9 Å². The van der Waals surface area contributed by atoms with Crippen molar-refractivity contribution in [3.8, 4) is 5.75 Å². The first kappa shape index (κ1) is 13.2. The predicted molar refractivity (Wildman–Crippen MR) is 76.4 cm³/mol. The van der Waals surface area contributed by atoms with E-state index in [1.54, 1.807) is 31.4 Å². The molecule has 1 heterocycles. The smallest absolute Gasteiger partial charge is 0.201 e. The quantitative estimate of drug-likeness (QED) is 0.639. The van der Waals surface area contributed by atoms with Crippen LogP contribution in [0.5, 0.6) is 5.75 Å². The fraction of sp³-hybridized carbons (Fsp3) is 0.188. The molecule has 1 atom stereocenters. The molecule has 0 spiro atoms. The average molecular weight is 289 g/mol. The molecule has 0 aromatic heterocycles. The summed E-state index contributed by atoms with van der Waals surface area (Å²) in [5.74, 6) is 0.589. The molecular formula is C16H13ClO3. The molecule has 1 fully saturated rings. The van der Waals surface area contributed by atoms with Crippen LogP contribution in [0.4, 0.5) is 0 Å². The summed E-state index contributed by atoms with van der Waals surface area (Å²) in [6.07, 6.45) is 0. The monoisotopic (exact) mass is 288 g/mol. The van der Waals surface area contributed by atoms with Crippen molar-refractivity contribution in [1.29, 1.82) is 0 Å². The molecule has 20 heavy (non-hydrogen) atoms. The lowest BCUT2D eigenvalue weighted by Gasteiger charge is -2.15. The summed E-state index contributed by atoms with van der Waals surface area (Å²) >= 11 is 5.85. The van der Waals surface area contributed by atoms with Gasteiger partial charge in [0.2, 0.25) is 5.78 Å². The van der Waals surface area contributed by atoms with E-state index < -0.39 is 5.60 Å². The molecule has 0 amide bonds. The third-order valence-corrected chi connectivity index (χ3v) is 3.70. The minimum absolute atomic E-state index is 0.0707. The zero-order valence-electron chi connectivity index (χ0n) is 10.9. The van der Waals surface area contributed by atoms with Gasteiger partial charge in [0.05, 0.1) is 13.7 Å². The maximum Gasteiger partial charge on any atom is 0.201 e. The highest BCUT2D eigenvalue weighted by Gasteiger charge is 2.55. The minimum Gasteiger partial charge on any atom is -0.496 e. The first-order chi connectivity index (χ1) is 9.67. The van der Waals surface area contributed by atoms with E-state index in [-0.39, 0.29) is 5.78 Å². The molecule has 0 radical (unpaired) electrons. The second-order valence-corrected chi connectivity index (χ2v) is 5.09. The third kappa shape index (κ3) is 2.09. The molecule has 2 aromatic carbocycles. The Morgan fingerprint density at radius 2 is 1.85 bits per heavy atom. The first-order valence-corrected chi connectivity index (χ1v) is 6.63. The second-order valence-electron chi connectivity index (χ2n) is 4.65. The summed E-state index contributed by atoms with van der Waals surface area (Å²) in [5, 5.41) is 0.601. The summed E-state index contributed by atoms with van der Waals surface area (Å²) in [4.78, 5) is 12.7. The number of ether oxygens (including phenoxy) is 2. The molecule has 0 saturated carbocycles. The van der Waals surface area contributed by atoms with Crippen LogP contribution in [-0.4, -0.2) is 19.5 Å². The predicted octanol–water partition coefficient (Wildman–Crippen LogP) is 3.46. The van der Waals surface area contributed by atoms with E-state index in [0.29, 0.717) is 22.9 Å². The molecule has 0 aliphatic carbocycles. The number of ketones is 1. The fourth-order valence-electron chi connectivity index (χ4n) is 2.29. The number of carbonyl (C=O) groups is 1.